The van der Waals surface area contributed by atoms with E-state index in [4.69, 9.17) is 16.3 Å². The van der Waals surface area contributed by atoms with Crippen molar-refractivity contribution in [2.45, 2.75) is 55.9 Å². The number of nitrogens with zero attached hydrogens (tertiary/aromatic N) is 1. The highest BCUT2D eigenvalue weighted by molar-refractivity contribution is 7.92. The highest BCUT2D eigenvalue weighted by atomic mass is 35.5. The van der Waals surface area contributed by atoms with Gasteiger partial charge in [-0.1, -0.05) is 29.3 Å². The van der Waals surface area contributed by atoms with Crippen LogP contribution in [-0.2, 0) is 14.8 Å². The molecule has 4 fully saturated rings. The molecular formula is C26H31ClN2O4S. The summed E-state index contributed by atoms with van der Waals surface area (Å²) in [6, 6.07) is 11.4. The molecule has 4 aliphatic rings. The fraction of sp³-hybridized carbons (Fsp3) is 0.500. The van der Waals surface area contributed by atoms with Crippen molar-refractivity contribution in [2.24, 2.45) is 17.8 Å². The Hall–Kier alpha value is -2.25. The van der Waals surface area contributed by atoms with E-state index in [2.05, 4.69) is 5.32 Å². The number of carbonyl (C=O) groups is 1. The molecule has 4 aliphatic carbocycles. The number of anilines is 1. The molecule has 2 aromatic rings. The topological polar surface area (TPSA) is 75.7 Å². The number of sulfonamides is 1. The molecule has 0 heterocycles. The standard InChI is InChI=1S/C26H31ClN2O4S/c1-17-3-6-22(7-4-17)34(31,32)29(23-12-21(27)5-8-24(23)33-2)16-25(30)28-26-13-18-9-19(14-26)11-20(10-18)15-26/h3-8,12,18-20H,9-11,13-16H2,1-2H3,(H,28,30). The second-order valence-corrected chi connectivity index (χ2v) is 12.7. The highest BCUT2D eigenvalue weighted by Gasteiger charge is 2.51. The Morgan fingerprint density at radius 2 is 1.65 bits per heavy atom. The second-order valence-electron chi connectivity index (χ2n) is 10.4. The van der Waals surface area contributed by atoms with E-state index in [0.717, 1.165) is 29.1 Å². The van der Waals surface area contributed by atoms with E-state index < -0.39 is 10.0 Å². The summed E-state index contributed by atoms with van der Waals surface area (Å²) in [6.07, 6.45) is 6.79. The van der Waals surface area contributed by atoms with E-state index in [1.54, 1.807) is 36.4 Å². The van der Waals surface area contributed by atoms with Crippen LogP contribution in [0.15, 0.2) is 47.4 Å². The number of benzene rings is 2. The van der Waals surface area contributed by atoms with Crippen LogP contribution >= 0.6 is 11.6 Å². The van der Waals surface area contributed by atoms with Crippen LogP contribution in [0.5, 0.6) is 5.75 Å². The summed E-state index contributed by atoms with van der Waals surface area (Å²) in [5, 5.41) is 3.65. The minimum absolute atomic E-state index is 0.114. The Kier molecular flexibility index (Phi) is 6.05. The first-order valence-electron chi connectivity index (χ1n) is 11.9. The Balaban J connectivity index is 1.47. The van der Waals surface area contributed by atoms with Gasteiger partial charge in [0.25, 0.3) is 10.0 Å². The summed E-state index contributed by atoms with van der Waals surface area (Å²) >= 11 is 6.24. The molecule has 0 aromatic heterocycles. The summed E-state index contributed by atoms with van der Waals surface area (Å²) in [4.78, 5) is 13.6. The smallest absolute Gasteiger partial charge is 0.264 e. The van der Waals surface area contributed by atoms with Crippen molar-refractivity contribution < 1.29 is 17.9 Å². The van der Waals surface area contributed by atoms with Crippen molar-refractivity contribution >= 4 is 33.2 Å². The van der Waals surface area contributed by atoms with Gasteiger partial charge in [0, 0.05) is 10.6 Å². The summed E-state index contributed by atoms with van der Waals surface area (Å²) < 4.78 is 34.1. The number of halogens is 1. The summed E-state index contributed by atoms with van der Waals surface area (Å²) in [7, 11) is -2.58. The molecule has 182 valence electrons. The Morgan fingerprint density at radius 3 is 2.21 bits per heavy atom. The Labute approximate surface area is 206 Å². The van der Waals surface area contributed by atoms with Crippen molar-refractivity contribution in [1.29, 1.82) is 0 Å². The zero-order valence-electron chi connectivity index (χ0n) is 19.6. The van der Waals surface area contributed by atoms with Crippen LogP contribution < -0.4 is 14.4 Å². The van der Waals surface area contributed by atoms with E-state index in [0.29, 0.717) is 28.5 Å². The maximum atomic E-state index is 13.8. The Morgan fingerprint density at radius 1 is 1.06 bits per heavy atom. The van der Waals surface area contributed by atoms with Crippen molar-refractivity contribution in [3.8, 4) is 5.75 Å². The molecule has 0 unspecified atom stereocenters. The van der Waals surface area contributed by atoms with Crippen LogP contribution in [0, 0.1) is 24.7 Å². The first-order valence-corrected chi connectivity index (χ1v) is 13.7. The molecule has 0 aliphatic heterocycles. The number of nitrogens with one attached hydrogen (secondary N) is 1. The van der Waals surface area contributed by atoms with Gasteiger partial charge in [0.1, 0.15) is 12.3 Å². The number of hydrogen-bond donors (Lipinski definition) is 1. The molecule has 6 rings (SSSR count). The van der Waals surface area contributed by atoms with Crippen LogP contribution in [0.1, 0.15) is 44.1 Å². The molecule has 8 heteroatoms. The maximum Gasteiger partial charge on any atom is 0.264 e. The summed E-state index contributed by atoms with van der Waals surface area (Å²) in [6.45, 7) is 1.56. The van der Waals surface area contributed by atoms with Crippen molar-refractivity contribution in [2.75, 3.05) is 18.0 Å². The minimum atomic E-state index is -4.05. The maximum absolute atomic E-state index is 13.8. The largest absolute Gasteiger partial charge is 0.495 e. The van der Waals surface area contributed by atoms with Gasteiger partial charge in [-0.05, 0) is 93.5 Å². The number of hydrogen-bond acceptors (Lipinski definition) is 4. The van der Waals surface area contributed by atoms with Crippen molar-refractivity contribution in [1.82, 2.24) is 5.32 Å². The fourth-order valence-corrected chi connectivity index (χ4v) is 8.31. The van der Waals surface area contributed by atoms with Gasteiger partial charge in [-0.3, -0.25) is 9.10 Å². The lowest BCUT2D eigenvalue weighted by Crippen LogP contribution is -2.61. The van der Waals surface area contributed by atoms with Gasteiger partial charge in [-0.15, -0.1) is 0 Å². The molecule has 6 nitrogen and oxygen atoms in total. The first-order chi connectivity index (χ1) is 16.2. The third-order valence-electron chi connectivity index (χ3n) is 7.75. The van der Waals surface area contributed by atoms with Crippen LogP contribution in [0.3, 0.4) is 0 Å². The third-order valence-corrected chi connectivity index (χ3v) is 9.76. The number of amides is 1. The van der Waals surface area contributed by atoms with Gasteiger partial charge in [-0.2, -0.15) is 0 Å². The van der Waals surface area contributed by atoms with Gasteiger partial charge in [-0.25, -0.2) is 8.42 Å². The molecule has 4 bridgehead atoms. The summed E-state index contributed by atoms with van der Waals surface area (Å²) in [5.74, 6) is 2.06. The van der Waals surface area contributed by atoms with E-state index in [1.165, 1.54) is 32.4 Å². The quantitative estimate of drug-likeness (QED) is 0.582. The van der Waals surface area contributed by atoms with Crippen LogP contribution in [0.2, 0.25) is 5.02 Å². The lowest BCUT2D eigenvalue weighted by molar-refractivity contribution is -0.125. The van der Waals surface area contributed by atoms with Gasteiger partial charge in [0.15, 0.2) is 0 Å². The van der Waals surface area contributed by atoms with Crippen molar-refractivity contribution in [3.63, 3.8) is 0 Å². The van der Waals surface area contributed by atoms with Crippen molar-refractivity contribution in [3.05, 3.63) is 53.1 Å². The number of aryl methyl sites for hydroxylation is 1. The average Bonchev–Trinajstić information content (AvgIpc) is 2.76. The molecule has 1 N–H and O–H groups in total. The van der Waals surface area contributed by atoms with Gasteiger partial charge in [0.2, 0.25) is 5.91 Å². The lowest BCUT2D eigenvalue weighted by Gasteiger charge is -2.57. The molecule has 0 radical (unpaired) electrons. The van der Waals surface area contributed by atoms with Crippen LogP contribution in [0.4, 0.5) is 5.69 Å². The fourth-order valence-electron chi connectivity index (χ4n) is 6.72. The van der Waals surface area contributed by atoms with Gasteiger partial charge >= 0.3 is 0 Å². The number of carbonyl (C=O) groups excluding carboxylic acids is 1. The number of methoxy groups -OCH3 is 1. The molecule has 34 heavy (non-hydrogen) atoms. The molecule has 0 spiro atoms. The van der Waals surface area contributed by atoms with E-state index in [9.17, 15) is 13.2 Å². The molecular weight excluding hydrogens is 472 g/mol. The molecule has 2 aromatic carbocycles. The minimum Gasteiger partial charge on any atom is -0.495 e. The molecule has 0 saturated heterocycles. The zero-order chi connectivity index (χ0) is 24.1. The summed E-state index contributed by atoms with van der Waals surface area (Å²) in [5.41, 5.74) is 0.991. The second kappa shape index (κ2) is 8.76. The van der Waals surface area contributed by atoms with E-state index >= 15 is 0 Å². The van der Waals surface area contributed by atoms with E-state index in [1.807, 2.05) is 6.92 Å². The van der Waals surface area contributed by atoms with Gasteiger partial charge in [0.05, 0.1) is 17.7 Å². The van der Waals surface area contributed by atoms with Gasteiger partial charge < -0.3 is 10.1 Å². The normalized spacial score (nSPS) is 27.4. The molecule has 1 amide bonds. The average molecular weight is 503 g/mol. The third kappa shape index (κ3) is 4.40. The Bertz CT molecular complexity index is 1160. The predicted octanol–water partition coefficient (Wildman–Crippen LogP) is 4.94. The van der Waals surface area contributed by atoms with E-state index in [-0.39, 0.29) is 28.6 Å². The number of ether oxygens (including phenoxy) is 1. The highest BCUT2D eigenvalue weighted by Crippen LogP contribution is 2.55. The van der Waals surface area contributed by atoms with Crippen LogP contribution in [0.25, 0.3) is 0 Å². The monoisotopic (exact) mass is 502 g/mol. The SMILES string of the molecule is COc1ccc(Cl)cc1N(CC(=O)NC12CC3CC(CC(C3)C1)C2)S(=O)(=O)c1ccc(C)cc1. The van der Waals surface area contributed by atoms with Crippen LogP contribution in [-0.4, -0.2) is 33.5 Å². The lowest BCUT2D eigenvalue weighted by atomic mass is 9.53. The molecule has 4 saturated carbocycles. The predicted molar refractivity (Wildman–Crippen MR) is 133 cm³/mol. The zero-order valence-corrected chi connectivity index (χ0v) is 21.2. The number of rotatable bonds is 7. The first kappa shape index (κ1) is 23.5. The molecule has 0 atom stereocenters.